The Labute approximate surface area is 187 Å². The first-order valence-electron chi connectivity index (χ1n) is 10.9. The molecular formula is C24H29NO7. The Balaban J connectivity index is 1.66. The molecule has 0 bridgehead atoms. The number of methoxy groups -OCH3 is 3. The summed E-state index contributed by atoms with van der Waals surface area (Å²) in [4.78, 5) is 2.35. The number of ether oxygens (including phenoxy) is 7. The van der Waals surface area contributed by atoms with E-state index in [1.165, 1.54) is 0 Å². The third-order valence-corrected chi connectivity index (χ3v) is 6.54. The minimum Gasteiger partial charge on any atom is -0.493 e. The lowest BCUT2D eigenvalue weighted by Gasteiger charge is -2.44. The lowest BCUT2D eigenvalue weighted by Crippen LogP contribution is -2.52. The number of hydrogen-bond acceptors (Lipinski definition) is 8. The van der Waals surface area contributed by atoms with E-state index >= 15 is 0 Å². The Morgan fingerprint density at radius 3 is 2.25 bits per heavy atom. The van der Waals surface area contributed by atoms with Gasteiger partial charge in [0.25, 0.3) is 0 Å². The lowest BCUT2D eigenvalue weighted by molar-refractivity contribution is -0.0785. The fourth-order valence-electron chi connectivity index (χ4n) is 5.03. The average molecular weight is 443 g/mol. The van der Waals surface area contributed by atoms with Gasteiger partial charge in [0, 0.05) is 42.1 Å². The smallest absolute Gasteiger partial charge is 0.231 e. The third-order valence-electron chi connectivity index (χ3n) is 6.54. The first-order chi connectivity index (χ1) is 15.7. The zero-order valence-corrected chi connectivity index (χ0v) is 18.9. The molecule has 2 aromatic carbocycles. The van der Waals surface area contributed by atoms with Crippen molar-refractivity contribution in [3.05, 3.63) is 35.4 Å². The second-order valence-electron chi connectivity index (χ2n) is 8.16. The molecule has 0 aliphatic carbocycles. The minimum absolute atomic E-state index is 0.0177. The summed E-state index contributed by atoms with van der Waals surface area (Å²) in [6, 6.07) is 7.95. The van der Waals surface area contributed by atoms with Crippen LogP contribution in [-0.2, 0) is 4.74 Å². The second kappa shape index (κ2) is 8.60. The van der Waals surface area contributed by atoms with Crippen LogP contribution >= 0.6 is 0 Å². The molecule has 0 unspecified atom stereocenters. The van der Waals surface area contributed by atoms with E-state index in [2.05, 4.69) is 17.9 Å². The van der Waals surface area contributed by atoms with Crippen LogP contribution in [0, 0.1) is 5.92 Å². The predicted molar refractivity (Wildman–Crippen MR) is 116 cm³/mol. The molecular weight excluding hydrogens is 414 g/mol. The highest BCUT2D eigenvalue weighted by molar-refractivity contribution is 5.62. The van der Waals surface area contributed by atoms with Gasteiger partial charge in [0.15, 0.2) is 29.2 Å². The van der Waals surface area contributed by atoms with Gasteiger partial charge < -0.3 is 33.2 Å². The third kappa shape index (κ3) is 3.38. The molecule has 3 aliphatic heterocycles. The van der Waals surface area contributed by atoms with Crippen LogP contribution in [-0.4, -0.2) is 65.6 Å². The number of morpholine rings is 1. The van der Waals surface area contributed by atoms with Crippen LogP contribution in [0.1, 0.15) is 24.0 Å². The van der Waals surface area contributed by atoms with Gasteiger partial charge in [-0.15, -0.1) is 0 Å². The molecule has 0 amide bonds. The Morgan fingerprint density at radius 1 is 0.844 bits per heavy atom. The van der Waals surface area contributed by atoms with Gasteiger partial charge in [-0.1, -0.05) is 13.0 Å². The number of hydrogen-bond donors (Lipinski definition) is 0. The van der Waals surface area contributed by atoms with Crippen LogP contribution in [0.25, 0.3) is 0 Å². The number of rotatable bonds is 5. The molecule has 1 saturated heterocycles. The van der Waals surface area contributed by atoms with Gasteiger partial charge in [-0.3, -0.25) is 4.90 Å². The SMILES string of the molecule is COc1ccc([C@@H]2c3cc4c(cc3O[C@H](N3CCOCC3)[C@@H]2C)OCO4)c(OC)c1OC. The summed E-state index contributed by atoms with van der Waals surface area (Å²) in [5.74, 6) is 4.20. The summed E-state index contributed by atoms with van der Waals surface area (Å²) in [6.45, 7) is 5.48. The maximum atomic E-state index is 6.57. The van der Waals surface area contributed by atoms with Crippen molar-refractivity contribution in [1.82, 2.24) is 4.90 Å². The first kappa shape index (κ1) is 21.0. The molecule has 172 valence electrons. The molecule has 0 N–H and O–H groups in total. The van der Waals surface area contributed by atoms with Gasteiger partial charge in [-0.05, 0) is 12.1 Å². The molecule has 1 fully saturated rings. The summed E-state index contributed by atoms with van der Waals surface area (Å²) in [5.41, 5.74) is 2.05. The molecule has 0 saturated carbocycles. The van der Waals surface area contributed by atoms with Gasteiger partial charge in [0.2, 0.25) is 12.5 Å². The largest absolute Gasteiger partial charge is 0.493 e. The van der Waals surface area contributed by atoms with Gasteiger partial charge in [0.05, 0.1) is 34.5 Å². The van der Waals surface area contributed by atoms with Crippen LogP contribution < -0.4 is 28.4 Å². The molecule has 8 nitrogen and oxygen atoms in total. The zero-order valence-electron chi connectivity index (χ0n) is 18.9. The van der Waals surface area contributed by atoms with E-state index < -0.39 is 0 Å². The highest BCUT2D eigenvalue weighted by Crippen LogP contribution is 2.53. The normalized spacial score (nSPS) is 24.4. The Kier molecular flexibility index (Phi) is 5.65. The molecule has 8 heteroatoms. The van der Waals surface area contributed by atoms with Gasteiger partial charge in [-0.25, -0.2) is 0 Å². The van der Waals surface area contributed by atoms with Gasteiger partial charge in [-0.2, -0.15) is 0 Å². The summed E-state index contributed by atoms with van der Waals surface area (Å²) in [6.07, 6.45) is -0.116. The molecule has 3 aliphatic rings. The van der Waals surface area contributed by atoms with E-state index in [9.17, 15) is 0 Å². The summed E-state index contributed by atoms with van der Waals surface area (Å²) >= 11 is 0. The van der Waals surface area contributed by atoms with E-state index in [4.69, 9.17) is 33.2 Å². The Morgan fingerprint density at radius 2 is 1.56 bits per heavy atom. The molecule has 32 heavy (non-hydrogen) atoms. The maximum Gasteiger partial charge on any atom is 0.231 e. The van der Waals surface area contributed by atoms with Crippen molar-refractivity contribution in [2.45, 2.75) is 19.1 Å². The van der Waals surface area contributed by atoms with Crippen molar-refractivity contribution < 1.29 is 33.2 Å². The topological polar surface area (TPSA) is 67.9 Å². The fraction of sp³-hybridized carbons (Fsp3) is 0.500. The molecule has 3 heterocycles. The van der Waals surface area contributed by atoms with Crippen molar-refractivity contribution in [3.8, 4) is 34.5 Å². The minimum atomic E-state index is -0.116. The summed E-state index contributed by atoms with van der Waals surface area (Å²) in [5, 5.41) is 0. The highest BCUT2D eigenvalue weighted by atomic mass is 16.7. The fourth-order valence-corrected chi connectivity index (χ4v) is 5.03. The number of fused-ring (bicyclic) bond motifs is 2. The van der Waals surface area contributed by atoms with E-state index in [0.29, 0.717) is 36.2 Å². The quantitative estimate of drug-likeness (QED) is 0.698. The van der Waals surface area contributed by atoms with Crippen molar-refractivity contribution in [3.63, 3.8) is 0 Å². The van der Waals surface area contributed by atoms with E-state index in [-0.39, 0.29) is 24.9 Å². The van der Waals surface area contributed by atoms with Crippen molar-refractivity contribution in [1.29, 1.82) is 0 Å². The zero-order chi connectivity index (χ0) is 22.2. The van der Waals surface area contributed by atoms with Crippen LogP contribution in [0.15, 0.2) is 24.3 Å². The van der Waals surface area contributed by atoms with Crippen LogP contribution in [0.5, 0.6) is 34.5 Å². The molecule has 5 rings (SSSR count). The van der Waals surface area contributed by atoms with Crippen molar-refractivity contribution in [2.24, 2.45) is 5.92 Å². The molecule has 0 aromatic heterocycles. The molecule has 0 radical (unpaired) electrons. The molecule has 2 aromatic rings. The monoisotopic (exact) mass is 443 g/mol. The molecule has 3 atom stereocenters. The standard InChI is InChI=1S/C24H29NO7/c1-14-21(15-5-6-17(26-2)23(28-4)22(15)27-3)16-11-19-20(31-13-30-19)12-18(16)32-24(14)25-7-9-29-10-8-25/h5-6,11-12,14,21,24H,7-10,13H2,1-4H3/t14-,21-,24+/m1/s1. The summed E-state index contributed by atoms with van der Waals surface area (Å²) < 4.78 is 40.5. The number of benzene rings is 2. The highest BCUT2D eigenvalue weighted by Gasteiger charge is 2.42. The van der Waals surface area contributed by atoms with E-state index in [0.717, 1.165) is 35.7 Å². The number of nitrogens with zero attached hydrogens (tertiary/aromatic N) is 1. The average Bonchev–Trinajstić information content (AvgIpc) is 3.29. The van der Waals surface area contributed by atoms with Crippen LogP contribution in [0.3, 0.4) is 0 Å². The first-order valence-corrected chi connectivity index (χ1v) is 10.9. The van der Waals surface area contributed by atoms with Gasteiger partial charge >= 0.3 is 0 Å². The second-order valence-corrected chi connectivity index (χ2v) is 8.16. The van der Waals surface area contributed by atoms with Gasteiger partial charge in [0.1, 0.15) is 5.75 Å². The van der Waals surface area contributed by atoms with Crippen LogP contribution in [0.4, 0.5) is 0 Å². The van der Waals surface area contributed by atoms with Crippen LogP contribution in [0.2, 0.25) is 0 Å². The Hall–Kier alpha value is -2.84. The van der Waals surface area contributed by atoms with Crippen molar-refractivity contribution in [2.75, 3.05) is 54.4 Å². The maximum absolute atomic E-state index is 6.57. The lowest BCUT2D eigenvalue weighted by atomic mass is 9.77. The summed E-state index contributed by atoms with van der Waals surface area (Å²) in [7, 11) is 4.91. The molecule has 0 spiro atoms. The Bertz CT molecular complexity index is 989. The predicted octanol–water partition coefficient (Wildman–Crippen LogP) is 3.26. The van der Waals surface area contributed by atoms with Crippen molar-refractivity contribution >= 4 is 0 Å². The van der Waals surface area contributed by atoms with E-state index in [1.54, 1.807) is 21.3 Å². The van der Waals surface area contributed by atoms with E-state index in [1.807, 2.05) is 18.2 Å².